The molecule has 0 aromatic rings. The van der Waals surface area contributed by atoms with Gasteiger partial charge in [-0.15, -0.1) is 0 Å². The molecular weight excluding hydrogens is 1260 g/mol. The third kappa shape index (κ3) is 69.2. The number of rotatable bonds is 77. The van der Waals surface area contributed by atoms with E-state index in [-0.39, 0.29) is 25.7 Å². The first-order chi connectivity index (χ1) is 46.6. The van der Waals surface area contributed by atoms with Crippen LogP contribution in [0.3, 0.4) is 0 Å². The van der Waals surface area contributed by atoms with Crippen molar-refractivity contribution in [2.45, 2.75) is 425 Å². The summed E-state index contributed by atoms with van der Waals surface area (Å²) >= 11 is 0. The number of carbonyl (C=O) groups excluding carboxylic acids is 4. The van der Waals surface area contributed by atoms with Crippen molar-refractivity contribution in [3.8, 4) is 0 Å². The molecule has 0 amide bonds. The molecule has 3 unspecified atom stereocenters. The lowest BCUT2D eigenvalue weighted by molar-refractivity contribution is -0.161. The average molecular weight is 1410 g/mol. The van der Waals surface area contributed by atoms with Crippen LogP contribution in [0.4, 0.5) is 0 Å². The van der Waals surface area contributed by atoms with E-state index in [1.165, 1.54) is 225 Å². The van der Waals surface area contributed by atoms with Gasteiger partial charge in [0.25, 0.3) is 0 Å². The normalized spacial score (nSPS) is 14.2. The van der Waals surface area contributed by atoms with Crippen molar-refractivity contribution in [3.63, 3.8) is 0 Å². The first kappa shape index (κ1) is 94.1. The van der Waals surface area contributed by atoms with Crippen LogP contribution in [0.5, 0.6) is 0 Å². The lowest BCUT2D eigenvalue weighted by atomic mass is 9.99. The fourth-order valence-electron chi connectivity index (χ4n) is 11.8. The van der Waals surface area contributed by atoms with Crippen molar-refractivity contribution in [1.29, 1.82) is 0 Å². The summed E-state index contributed by atoms with van der Waals surface area (Å²) in [7, 11) is -9.91. The van der Waals surface area contributed by atoms with Crippen LogP contribution >= 0.6 is 15.6 Å². The molecule has 96 heavy (non-hydrogen) atoms. The van der Waals surface area contributed by atoms with E-state index < -0.39 is 97.5 Å². The molecule has 17 nitrogen and oxygen atoms in total. The van der Waals surface area contributed by atoms with Crippen LogP contribution in [-0.2, 0) is 65.4 Å². The molecule has 0 aromatic heterocycles. The number of esters is 4. The topological polar surface area (TPSA) is 237 Å². The van der Waals surface area contributed by atoms with E-state index in [9.17, 15) is 43.2 Å². The zero-order chi connectivity index (χ0) is 70.5. The zero-order valence-corrected chi connectivity index (χ0v) is 64.3. The molecule has 0 bridgehead atoms. The molecule has 6 atom stereocenters. The van der Waals surface area contributed by atoms with Crippen LogP contribution in [-0.4, -0.2) is 96.7 Å². The van der Waals surface area contributed by atoms with Crippen LogP contribution in [0.15, 0.2) is 0 Å². The van der Waals surface area contributed by atoms with E-state index in [1.54, 1.807) is 0 Å². The highest BCUT2D eigenvalue weighted by Crippen LogP contribution is 2.45. The Morgan fingerprint density at radius 1 is 0.292 bits per heavy atom. The van der Waals surface area contributed by atoms with Crippen LogP contribution in [0, 0.1) is 5.92 Å². The number of phosphoric ester groups is 2. The maximum atomic E-state index is 13.1. The largest absolute Gasteiger partial charge is 0.472 e. The van der Waals surface area contributed by atoms with Gasteiger partial charge in [0.1, 0.15) is 19.3 Å². The monoisotopic (exact) mass is 1410 g/mol. The molecule has 0 spiro atoms. The molecule has 0 aliphatic rings. The van der Waals surface area contributed by atoms with Gasteiger partial charge >= 0.3 is 39.5 Å². The second-order valence-corrected chi connectivity index (χ2v) is 30.9. The average Bonchev–Trinajstić information content (AvgIpc) is 1.19. The van der Waals surface area contributed by atoms with Crippen LogP contribution in [0.2, 0.25) is 0 Å². The highest BCUT2D eigenvalue weighted by molar-refractivity contribution is 7.47. The van der Waals surface area contributed by atoms with E-state index in [0.717, 1.165) is 102 Å². The number of unbranched alkanes of at least 4 members (excludes halogenated alkanes) is 48. The summed E-state index contributed by atoms with van der Waals surface area (Å²) in [6, 6.07) is 0. The molecule has 0 saturated heterocycles. The van der Waals surface area contributed by atoms with Gasteiger partial charge in [0.2, 0.25) is 0 Å². The van der Waals surface area contributed by atoms with Gasteiger partial charge in [0.15, 0.2) is 12.2 Å². The van der Waals surface area contributed by atoms with Crippen molar-refractivity contribution in [2.75, 3.05) is 39.6 Å². The lowest BCUT2D eigenvalue weighted by Gasteiger charge is -2.21. The molecule has 0 radical (unpaired) electrons. The van der Waals surface area contributed by atoms with Gasteiger partial charge < -0.3 is 33.8 Å². The second-order valence-electron chi connectivity index (χ2n) is 28.0. The number of aliphatic hydroxyl groups excluding tert-OH is 1. The van der Waals surface area contributed by atoms with Crippen molar-refractivity contribution in [1.82, 2.24) is 0 Å². The van der Waals surface area contributed by atoms with Crippen LogP contribution in [0.25, 0.3) is 0 Å². The van der Waals surface area contributed by atoms with Crippen molar-refractivity contribution < 1.29 is 80.2 Å². The van der Waals surface area contributed by atoms with Crippen LogP contribution in [0.1, 0.15) is 407 Å². The predicted octanol–water partition coefficient (Wildman–Crippen LogP) is 22.9. The minimum atomic E-state index is -4.96. The molecule has 570 valence electrons. The van der Waals surface area contributed by atoms with Gasteiger partial charge in [0, 0.05) is 25.7 Å². The highest BCUT2D eigenvalue weighted by atomic mass is 31.2. The summed E-state index contributed by atoms with van der Waals surface area (Å²) in [5, 5.41) is 10.6. The van der Waals surface area contributed by atoms with Gasteiger partial charge in [-0.1, -0.05) is 356 Å². The Morgan fingerprint density at radius 3 is 0.740 bits per heavy atom. The summed E-state index contributed by atoms with van der Waals surface area (Å²) in [6.07, 6.45) is 59.6. The van der Waals surface area contributed by atoms with Gasteiger partial charge in [-0.25, -0.2) is 9.13 Å². The van der Waals surface area contributed by atoms with Crippen molar-refractivity contribution in [2.24, 2.45) is 5.92 Å². The number of aliphatic hydroxyl groups is 1. The second kappa shape index (κ2) is 70.1. The van der Waals surface area contributed by atoms with Gasteiger partial charge in [-0.05, 0) is 31.6 Å². The Kier molecular flexibility index (Phi) is 68.7. The molecule has 0 aromatic carbocycles. The molecule has 0 aliphatic heterocycles. The molecule has 3 N–H and O–H groups in total. The molecule has 0 rings (SSSR count). The minimum Gasteiger partial charge on any atom is -0.462 e. The predicted molar refractivity (Wildman–Crippen MR) is 391 cm³/mol. The van der Waals surface area contributed by atoms with Gasteiger partial charge in [-0.2, -0.15) is 0 Å². The summed E-state index contributed by atoms with van der Waals surface area (Å²) in [5.41, 5.74) is 0. The van der Waals surface area contributed by atoms with E-state index in [0.29, 0.717) is 25.7 Å². The summed E-state index contributed by atoms with van der Waals surface area (Å²) in [5.74, 6) is -1.24. The minimum absolute atomic E-state index is 0.108. The third-order valence-electron chi connectivity index (χ3n) is 18.4. The quantitative estimate of drug-likeness (QED) is 0.0222. The standard InChI is InChI=1S/C77H150O17P2/c1-6-10-13-16-19-22-24-26-34-38-41-46-51-56-61-75(80)88-67-73(94-77(82)63-58-53-48-43-39-35-32-30-28-27-29-31-33-36-40-44-49-54-59-70(5)9-4)69-92-96(85,86)90-65-71(78)64-89-95(83,84)91-68-72(66-87-74(79)60-55-50-45-21-18-15-12-8-3)93-76(81)62-57-52-47-42-37-25-23-20-17-14-11-7-2/h70-73,78H,6-69H2,1-5H3,(H,83,84)(H,85,86)/t70?,71-,72+,73+/m0/s1. The van der Waals surface area contributed by atoms with Gasteiger partial charge in [-0.3, -0.25) is 37.3 Å². The number of hydrogen-bond donors (Lipinski definition) is 3. The Morgan fingerprint density at radius 2 is 0.500 bits per heavy atom. The van der Waals surface area contributed by atoms with E-state index >= 15 is 0 Å². The third-order valence-corrected chi connectivity index (χ3v) is 20.3. The molecule has 0 saturated carbocycles. The number of phosphoric acid groups is 2. The summed E-state index contributed by atoms with van der Waals surface area (Å²) in [6.45, 7) is 7.34. The Labute approximate surface area is 588 Å². The summed E-state index contributed by atoms with van der Waals surface area (Å²) < 4.78 is 68.5. The van der Waals surface area contributed by atoms with E-state index in [2.05, 4.69) is 34.6 Å². The number of ether oxygens (including phenoxy) is 4. The maximum absolute atomic E-state index is 13.1. The molecule has 0 aliphatic carbocycles. The fraction of sp³-hybridized carbons (Fsp3) is 0.948. The van der Waals surface area contributed by atoms with Crippen molar-refractivity contribution in [3.05, 3.63) is 0 Å². The summed E-state index contributed by atoms with van der Waals surface area (Å²) in [4.78, 5) is 72.7. The maximum Gasteiger partial charge on any atom is 0.472 e. The molecule has 0 heterocycles. The first-order valence-corrected chi connectivity index (χ1v) is 43.2. The lowest BCUT2D eigenvalue weighted by Crippen LogP contribution is -2.30. The number of hydrogen-bond acceptors (Lipinski definition) is 15. The first-order valence-electron chi connectivity index (χ1n) is 40.2. The Hall–Kier alpha value is -1.94. The highest BCUT2D eigenvalue weighted by Gasteiger charge is 2.30. The molecule has 0 fully saturated rings. The molecule has 19 heteroatoms. The zero-order valence-electron chi connectivity index (χ0n) is 62.5. The van der Waals surface area contributed by atoms with E-state index in [1.807, 2.05) is 0 Å². The smallest absolute Gasteiger partial charge is 0.462 e. The Balaban J connectivity index is 5.17. The molecular formula is C77H150O17P2. The Bertz CT molecular complexity index is 1840. The SMILES string of the molecule is CCCCCCCCCCCCCCCCC(=O)OC[C@H](COP(=O)(O)OC[C@@H](O)COP(=O)(O)OC[C@@H](COC(=O)CCCCCCCCCC)OC(=O)CCCCCCCCCCCCCC)OC(=O)CCCCCCCCCCCCCCCCCCCCC(C)CC. The number of carbonyl (C=O) groups is 4. The van der Waals surface area contributed by atoms with Gasteiger partial charge in [0.05, 0.1) is 26.4 Å². The fourth-order valence-corrected chi connectivity index (χ4v) is 13.4. The van der Waals surface area contributed by atoms with E-state index in [4.69, 9.17) is 37.0 Å². The van der Waals surface area contributed by atoms with Crippen LogP contribution < -0.4 is 0 Å². The van der Waals surface area contributed by atoms with Crippen molar-refractivity contribution >= 4 is 39.5 Å².